The highest BCUT2D eigenvalue weighted by Gasteiger charge is 2.23. The number of nitrogens with one attached hydrogen (secondary N) is 2. The molecule has 2 unspecified atom stereocenters. The number of hydrogen-bond acceptors (Lipinski definition) is 5. The van der Waals surface area contributed by atoms with E-state index in [-0.39, 0.29) is 12.1 Å². The minimum atomic E-state index is 0.237. The highest BCUT2D eigenvalue weighted by molar-refractivity contribution is 5.90. The molecule has 1 aliphatic heterocycles. The summed E-state index contributed by atoms with van der Waals surface area (Å²) in [5.74, 6) is 1.49. The van der Waals surface area contributed by atoms with Gasteiger partial charge in [0.25, 0.3) is 0 Å². The van der Waals surface area contributed by atoms with E-state index in [0.29, 0.717) is 5.95 Å². The van der Waals surface area contributed by atoms with Crippen LogP contribution < -0.4 is 10.6 Å². The quantitative estimate of drug-likeness (QED) is 0.896. The molecule has 0 bridgehead atoms. The Morgan fingerprint density at radius 1 is 1.30 bits per heavy atom. The Morgan fingerprint density at radius 2 is 2.15 bits per heavy atom. The smallest absolute Gasteiger partial charge is 0.224 e. The van der Waals surface area contributed by atoms with Crippen LogP contribution in [0.3, 0.4) is 0 Å². The minimum Gasteiger partial charge on any atom is -0.376 e. The fourth-order valence-electron chi connectivity index (χ4n) is 2.60. The first-order chi connectivity index (χ1) is 9.78. The molecule has 2 aromatic rings. The van der Waals surface area contributed by atoms with Crippen LogP contribution in [0.15, 0.2) is 24.3 Å². The fraction of sp³-hybridized carbons (Fsp3) is 0.467. The van der Waals surface area contributed by atoms with E-state index < -0.39 is 0 Å². The first-order valence-electron chi connectivity index (χ1n) is 7.10. The monoisotopic (exact) mass is 272 g/mol. The van der Waals surface area contributed by atoms with Gasteiger partial charge in [-0.2, -0.15) is 4.98 Å². The summed E-state index contributed by atoms with van der Waals surface area (Å²) in [6.07, 6.45) is 2.51. The Hall–Kier alpha value is -1.88. The molecule has 1 saturated heterocycles. The predicted molar refractivity (Wildman–Crippen MR) is 81.1 cm³/mol. The predicted octanol–water partition coefficient (Wildman–Crippen LogP) is 2.65. The highest BCUT2D eigenvalue weighted by atomic mass is 16.5. The lowest BCUT2D eigenvalue weighted by Crippen LogP contribution is -2.30. The largest absolute Gasteiger partial charge is 0.376 e. The lowest BCUT2D eigenvalue weighted by molar-refractivity contribution is 0.0996. The van der Waals surface area contributed by atoms with Crippen molar-refractivity contribution in [3.05, 3.63) is 24.3 Å². The number of hydrogen-bond donors (Lipinski definition) is 2. The molecule has 0 amide bonds. The highest BCUT2D eigenvalue weighted by Crippen LogP contribution is 2.24. The van der Waals surface area contributed by atoms with Gasteiger partial charge in [0.05, 0.1) is 17.7 Å². The first kappa shape index (κ1) is 13.1. The second-order valence-corrected chi connectivity index (χ2v) is 5.15. The van der Waals surface area contributed by atoms with E-state index in [2.05, 4.69) is 27.5 Å². The van der Waals surface area contributed by atoms with E-state index in [4.69, 9.17) is 4.74 Å². The number of para-hydroxylation sites is 1. The van der Waals surface area contributed by atoms with E-state index in [9.17, 15) is 0 Å². The number of rotatable bonds is 4. The second-order valence-electron chi connectivity index (χ2n) is 5.15. The second kappa shape index (κ2) is 5.63. The van der Waals surface area contributed by atoms with Gasteiger partial charge >= 0.3 is 0 Å². The molecule has 0 radical (unpaired) electrons. The van der Waals surface area contributed by atoms with Crippen LogP contribution in [-0.4, -0.2) is 35.8 Å². The van der Waals surface area contributed by atoms with Gasteiger partial charge in [0.2, 0.25) is 5.95 Å². The maximum Gasteiger partial charge on any atom is 0.224 e. The number of benzene rings is 1. The van der Waals surface area contributed by atoms with Crippen LogP contribution >= 0.6 is 0 Å². The molecule has 5 heteroatoms. The summed E-state index contributed by atoms with van der Waals surface area (Å²) in [5.41, 5.74) is 0.939. The van der Waals surface area contributed by atoms with Crippen LogP contribution in [-0.2, 0) is 4.74 Å². The Kier molecular flexibility index (Phi) is 3.69. The first-order valence-corrected chi connectivity index (χ1v) is 7.10. The van der Waals surface area contributed by atoms with Crippen LogP contribution in [0, 0.1) is 0 Å². The maximum absolute atomic E-state index is 5.73. The van der Waals surface area contributed by atoms with E-state index in [1.807, 2.05) is 31.3 Å². The third-order valence-corrected chi connectivity index (χ3v) is 3.71. The molecule has 2 atom stereocenters. The molecule has 1 aromatic carbocycles. The SMILES string of the molecule is CNc1nc(NC(C)C2CCCO2)c2ccccc2n1. The normalized spacial score (nSPS) is 20.0. The van der Waals surface area contributed by atoms with Crippen molar-refractivity contribution >= 4 is 22.7 Å². The zero-order chi connectivity index (χ0) is 13.9. The fourth-order valence-corrected chi connectivity index (χ4v) is 2.60. The summed E-state index contributed by atoms with van der Waals surface area (Å²) in [4.78, 5) is 9.01. The summed E-state index contributed by atoms with van der Waals surface area (Å²) < 4.78 is 5.73. The zero-order valence-electron chi connectivity index (χ0n) is 11.9. The molecule has 1 fully saturated rings. The van der Waals surface area contributed by atoms with Gasteiger partial charge in [-0.05, 0) is 31.9 Å². The lowest BCUT2D eigenvalue weighted by atomic mass is 10.1. The van der Waals surface area contributed by atoms with E-state index in [1.54, 1.807) is 0 Å². The van der Waals surface area contributed by atoms with Crippen molar-refractivity contribution in [3.8, 4) is 0 Å². The molecule has 2 N–H and O–H groups in total. The van der Waals surface area contributed by atoms with Crippen LogP contribution in [0.4, 0.5) is 11.8 Å². The topological polar surface area (TPSA) is 59.1 Å². The lowest BCUT2D eigenvalue weighted by Gasteiger charge is -2.21. The molecule has 106 valence electrons. The molecule has 5 nitrogen and oxygen atoms in total. The summed E-state index contributed by atoms with van der Waals surface area (Å²) in [6.45, 7) is 3.01. The number of aromatic nitrogens is 2. The van der Waals surface area contributed by atoms with E-state index in [1.165, 1.54) is 0 Å². The molecule has 0 spiro atoms. The van der Waals surface area contributed by atoms with Crippen molar-refractivity contribution in [2.45, 2.75) is 31.9 Å². The zero-order valence-corrected chi connectivity index (χ0v) is 11.9. The number of ether oxygens (including phenoxy) is 1. The maximum atomic E-state index is 5.73. The van der Waals surface area contributed by atoms with E-state index >= 15 is 0 Å². The van der Waals surface area contributed by atoms with Crippen LogP contribution in [0.5, 0.6) is 0 Å². The molecule has 2 heterocycles. The van der Waals surface area contributed by atoms with Crippen molar-refractivity contribution in [2.24, 2.45) is 0 Å². The average molecular weight is 272 g/mol. The number of fused-ring (bicyclic) bond motifs is 1. The van der Waals surface area contributed by atoms with Crippen LogP contribution in [0.25, 0.3) is 10.9 Å². The van der Waals surface area contributed by atoms with Crippen molar-refractivity contribution in [1.29, 1.82) is 0 Å². The Morgan fingerprint density at radius 3 is 2.90 bits per heavy atom. The third kappa shape index (κ3) is 2.54. The van der Waals surface area contributed by atoms with Crippen LogP contribution in [0.1, 0.15) is 19.8 Å². The Bertz CT molecular complexity index is 595. The van der Waals surface area contributed by atoms with Crippen molar-refractivity contribution in [2.75, 3.05) is 24.3 Å². The Balaban J connectivity index is 1.92. The van der Waals surface area contributed by atoms with Gasteiger partial charge in [-0.15, -0.1) is 0 Å². The standard InChI is InChI=1S/C15H20N4O/c1-10(13-8-5-9-20-13)17-14-11-6-3-4-7-12(11)18-15(16-2)19-14/h3-4,6-7,10,13H,5,8-9H2,1-2H3,(H2,16,17,18,19). The van der Waals surface area contributed by atoms with Crippen LogP contribution in [0.2, 0.25) is 0 Å². The van der Waals surface area contributed by atoms with Gasteiger partial charge in [-0.1, -0.05) is 12.1 Å². The van der Waals surface area contributed by atoms with E-state index in [0.717, 1.165) is 36.2 Å². The summed E-state index contributed by atoms with van der Waals surface area (Å²) >= 11 is 0. The molecular formula is C15H20N4O. The molecular weight excluding hydrogens is 252 g/mol. The molecule has 3 rings (SSSR count). The molecule has 0 saturated carbocycles. The van der Waals surface area contributed by atoms with Crippen molar-refractivity contribution in [3.63, 3.8) is 0 Å². The average Bonchev–Trinajstić information content (AvgIpc) is 3.01. The van der Waals surface area contributed by atoms with Gasteiger partial charge < -0.3 is 15.4 Å². The van der Waals surface area contributed by atoms with Gasteiger partial charge in [0, 0.05) is 19.0 Å². The van der Waals surface area contributed by atoms with Gasteiger partial charge in [-0.25, -0.2) is 4.98 Å². The van der Waals surface area contributed by atoms with Gasteiger partial charge in [0.1, 0.15) is 5.82 Å². The number of anilines is 2. The van der Waals surface area contributed by atoms with Gasteiger partial charge in [0.15, 0.2) is 0 Å². The summed E-state index contributed by atoms with van der Waals surface area (Å²) in [5, 5.41) is 7.53. The summed E-state index contributed by atoms with van der Waals surface area (Å²) in [6, 6.07) is 8.27. The number of nitrogens with zero attached hydrogens (tertiary/aromatic N) is 2. The van der Waals surface area contributed by atoms with Crippen molar-refractivity contribution < 1.29 is 4.74 Å². The molecule has 20 heavy (non-hydrogen) atoms. The third-order valence-electron chi connectivity index (χ3n) is 3.71. The van der Waals surface area contributed by atoms with Crippen molar-refractivity contribution in [1.82, 2.24) is 9.97 Å². The van der Waals surface area contributed by atoms with Gasteiger partial charge in [-0.3, -0.25) is 0 Å². The molecule has 1 aromatic heterocycles. The Labute approximate surface area is 118 Å². The minimum absolute atomic E-state index is 0.237. The molecule has 0 aliphatic carbocycles. The molecule has 1 aliphatic rings. The summed E-state index contributed by atoms with van der Waals surface area (Å²) in [7, 11) is 1.83.